The van der Waals surface area contributed by atoms with Crippen molar-refractivity contribution in [1.82, 2.24) is 0 Å². The van der Waals surface area contributed by atoms with Gasteiger partial charge in [0.25, 0.3) is 0 Å². The summed E-state index contributed by atoms with van der Waals surface area (Å²) in [7, 11) is 0. The van der Waals surface area contributed by atoms with E-state index in [0.29, 0.717) is 18.6 Å². The second-order valence-corrected chi connectivity index (χ2v) is 3.40. The number of hydrogen-bond donors (Lipinski definition) is 1. The first-order chi connectivity index (χ1) is 5.20. The maximum Gasteiger partial charge on any atom is 0.104 e. The smallest absolute Gasteiger partial charge is 0.104 e. The van der Waals surface area contributed by atoms with Gasteiger partial charge in [0.15, 0.2) is 0 Å². The van der Waals surface area contributed by atoms with Crippen LogP contribution in [0.15, 0.2) is 0 Å². The number of ether oxygens (including phenoxy) is 2. The van der Waals surface area contributed by atoms with E-state index in [2.05, 4.69) is 13.8 Å². The van der Waals surface area contributed by atoms with Gasteiger partial charge in [-0.1, -0.05) is 13.8 Å². The van der Waals surface area contributed by atoms with Crippen LogP contribution in [0.2, 0.25) is 0 Å². The van der Waals surface area contributed by atoms with Crippen molar-refractivity contribution < 1.29 is 9.47 Å². The summed E-state index contributed by atoms with van der Waals surface area (Å²) in [5, 5.41) is 0. The quantitative estimate of drug-likeness (QED) is 0.645. The molecule has 0 aromatic carbocycles. The highest BCUT2D eigenvalue weighted by Crippen LogP contribution is 2.07. The van der Waals surface area contributed by atoms with Crippen LogP contribution in [0.3, 0.4) is 0 Å². The summed E-state index contributed by atoms with van der Waals surface area (Å²) in [5.41, 5.74) is 5.78. The van der Waals surface area contributed by atoms with Gasteiger partial charge in [0.1, 0.15) is 6.10 Å². The molecule has 3 heteroatoms. The first-order valence-corrected chi connectivity index (χ1v) is 4.15. The van der Waals surface area contributed by atoms with E-state index < -0.39 is 0 Å². The molecule has 0 aromatic heterocycles. The van der Waals surface area contributed by atoms with Crippen molar-refractivity contribution in [2.24, 2.45) is 11.7 Å². The van der Waals surface area contributed by atoms with Gasteiger partial charge in [-0.15, -0.1) is 0 Å². The standard InChI is InChI=1S/C8H17NO2/c1-6(2)8(9)5-11-7-3-10-4-7/h6-8H,3-5,9H2,1-2H3. The summed E-state index contributed by atoms with van der Waals surface area (Å²) in [4.78, 5) is 0. The Morgan fingerprint density at radius 3 is 2.55 bits per heavy atom. The summed E-state index contributed by atoms with van der Waals surface area (Å²) in [6.45, 7) is 6.35. The predicted octanol–water partition coefficient (Wildman–Crippen LogP) is 0.385. The van der Waals surface area contributed by atoms with Crippen LogP contribution < -0.4 is 5.73 Å². The van der Waals surface area contributed by atoms with E-state index in [1.807, 2.05) is 0 Å². The molecule has 0 spiro atoms. The Morgan fingerprint density at radius 2 is 2.18 bits per heavy atom. The maximum absolute atomic E-state index is 5.78. The lowest BCUT2D eigenvalue weighted by Gasteiger charge is -2.28. The van der Waals surface area contributed by atoms with Crippen LogP contribution in [0.1, 0.15) is 13.8 Å². The van der Waals surface area contributed by atoms with Crippen molar-refractivity contribution in [3.8, 4) is 0 Å². The van der Waals surface area contributed by atoms with Crippen molar-refractivity contribution in [3.05, 3.63) is 0 Å². The molecule has 1 aliphatic rings. The first kappa shape index (κ1) is 8.97. The SMILES string of the molecule is CC(C)C(N)COC1COC1. The van der Waals surface area contributed by atoms with E-state index in [0.717, 1.165) is 13.2 Å². The Hall–Kier alpha value is -0.120. The van der Waals surface area contributed by atoms with Gasteiger partial charge < -0.3 is 15.2 Å². The van der Waals surface area contributed by atoms with Crippen molar-refractivity contribution in [2.75, 3.05) is 19.8 Å². The lowest BCUT2D eigenvalue weighted by molar-refractivity contribution is -0.133. The van der Waals surface area contributed by atoms with Crippen LogP contribution in [-0.2, 0) is 9.47 Å². The van der Waals surface area contributed by atoms with Crippen LogP contribution in [0.4, 0.5) is 0 Å². The maximum atomic E-state index is 5.78. The van der Waals surface area contributed by atoms with E-state index in [1.54, 1.807) is 0 Å². The van der Waals surface area contributed by atoms with Crippen LogP contribution >= 0.6 is 0 Å². The molecule has 3 nitrogen and oxygen atoms in total. The molecule has 1 aliphatic heterocycles. The minimum absolute atomic E-state index is 0.163. The Morgan fingerprint density at radius 1 is 1.55 bits per heavy atom. The normalized spacial score (nSPS) is 21.8. The largest absolute Gasteiger partial charge is 0.376 e. The molecule has 66 valence electrons. The number of rotatable bonds is 4. The van der Waals surface area contributed by atoms with Crippen LogP contribution in [-0.4, -0.2) is 32.0 Å². The molecule has 1 atom stereocenters. The Labute approximate surface area is 67.9 Å². The van der Waals surface area contributed by atoms with Gasteiger partial charge in [0.05, 0.1) is 19.8 Å². The first-order valence-electron chi connectivity index (χ1n) is 4.15. The van der Waals surface area contributed by atoms with Crippen molar-refractivity contribution in [1.29, 1.82) is 0 Å². The van der Waals surface area contributed by atoms with Gasteiger partial charge in [-0.3, -0.25) is 0 Å². The van der Waals surface area contributed by atoms with Gasteiger partial charge in [-0.25, -0.2) is 0 Å². The third-order valence-electron chi connectivity index (χ3n) is 1.99. The molecule has 0 aliphatic carbocycles. The van der Waals surface area contributed by atoms with Gasteiger partial charge in [-0.2, -0.15) is 0 Å². The van der Waals surface area contributed by atoms with Gasteiger partial charge in [0, 0.05) is 6.04 Å². The molecular weight excluding hydrogens is 142 g/mol. The van der Waals surface area contributed by atoms with Crippen molar-refractivity contribution in [3.63, 3.8) is 0 Å². The molecule has 0 bridgehead atoms. The van der Waals surface area contributed by atoms with Crippen LogP contribution in [0.25, 0.3) is 0 Å². The van der Waals surface area contributed by atoms with E-state index in [-0.39, 0.29) is 6.04 Å². The van der Waals surface area contributed by atoms with Gasteiger partial charge in [-0.05, 0) is 5.92 Å². The zero-order valence-electron chi connectivity index (χ0n) is 7.25. The Bertz CT molecular complexity index is 113. The summed E-state index contributed by atoms with van der Waals surface area (Å²) >= 11 is 0. The second kappa shape index (κ2) is 4.04. The van der Waals surface area contributed by atoms with E-state index >= 15 is 0 Å². The summed E-state index contributed by atoms with van der Waals surface area (Å²) < 4.78 is 10.4. The van der Waals surface area contributed by atoms with E-state index in [4.69, 9.17) is 15.2 Å². The van der Waals surface area contributed by atoms with Crippen molar-refractivity contribution in [2.45, 2.75) is 26.0 Å². The minimum Gasteiger partial charge on any atom is -0.376 e. The average molecular weight is 159 g/mol. The van der Waals surface area contributed by atoms with Crippen LogP contribution in [0.5, 0.6) is 0 Å². The lowest BCUT2D eigenvalue weighted by atomic mass is 10.1. The average Bonchev–Trinajstić information content (AvgIpc) is 1.83. The van der Waals surface area contributed by atoms with Gasteiger partial charge >= 0.3 is 0 Å². The summed E-state index contributed by atoms with van der Waals surface area (Å²) in [6, 6.07) is 0.163. The third kappa shape index (κ3) is 2.77. The molecular formula is C8H17NO2. The molecule has 0 saturated carbocycles. The molecule has 1 unspecified atom stereocenters. The summed E-state index contributed by atoms with van der Waals surface area (Å²) in [5.74, 6) is 0.496. The highest BCUT2D eigenvalue weighted by molar-refractivity contribution is 4.69. The topological polar surface area (TPSA) is 44.5 Å². The highest BCUT2D eigenvalue weighted by atomic mass is 16.6. The fourth-order valence-electron chi connectivity index (χ4n) is 0.750. The zero-order valence-corrected chi connectivity index (χ0v) is 7.25. The molecule has 0 amide bonds. The molecule has 1 rings (SSSR count). The molecule has 2 N–H and O–H groups in total. The van der Waals surface area contributed by atoms with Gasteiger partial charge in [0.2, 0.25) is 0 Å². The fourth-order valence-corrected chi connectivity index (χ4v) is 0.750. The Balaban J connectivity index is 2.01. The fraction of sp³-hybridized carbons (Fsp3) is 1.00. The molecule has 0 radical (unpaired) electrons. The second-order valence-electron chi connectivity index (χ2n) is 3.40. The Kier molecular flexibility index (Phi) is 3.30. The predicted molar refractivity (Wildman–Crippen MR) is 43.4 cm³/mol. The van der Waals surface area contributed by atoms with Crippen LogP contribution in [0, 0.1) is 5.92 Å². The molecule has 1 saturated heterocycles. The number of hydrogen-bond acceptors (Lipinski definition) is 3. The van der Waals surface area contributed by atoms with E-state index in [1.165, 1.54) is 0 Å². The molecule has 1 fully saturated rings. The lowest BCUT2D eigenvalue weighted by Crippen LogP contribution is -2.41. The molecule has 1 heterocycles. The molecule has 0 aromatic rings. The summed E-state index contributed by atoms with van der Waals surface area (Å²) in [6.07, 6.45) is 0.305. The third-order valence-corrected chi connectivity index (χ3v) is 1.99. The highest BCUT2D eigenvalue weighted by Gasteiger charge is 2.20. The molecule has 11 heavy (non-hydrogen) atoms. The van der Waals surface area contributed by atoms with E-state index in [9.17, 15) is 0 Å². The van der Waals surface area contributed by atoms with Crippen molar-refractivity contribution >= 4 is 0 Å². The monoisotopic (exact) mass is 159 g/mol. The zero-order chi connectivity index (χ0) is 8.27. The number of nitrogens with two attached hydrogens (primary N) is 1. The minimum atomic E-state index is 0.163.